The van der Waals surface area contributed by atoms with Gasteiger partial charge >= 0.3 is 6.18 Å². The number of alkyl halides is 3. The Bertz CT molecular complexity index is 388. The predicted octanol–water partition coefficient (Wildman–Crippen LogP) is 2.75. The van der Waals surface area contributed by atoms with Crippen molar-refractivity contribution in [2.75, 3.05) is 13.2 Å². The molecule has 1 atom stereocenters. The Kier molecular flexibility index (Phi) is 3.40. The molecule has 1 aromatic carbocycles. The van der Waals surface area contributed by atoms with Crippen LogP contribution in [0.25, 0.3) is 0 Å². The number of hydrogen-bond acceptors (Lipinski definition) is 2. The first kappa shape index (κ1) is 12.4. The summed E-state index contributed by atoms with van der Waals surface area (Å²) in [5.41, 5.74) is -0.285. The molecule has 1 aromatic rings. The Labute approximate surface area is 97.8 Å². The van der Waals surface area contributed by atoms with Crippen molar-refractivity contribution < 1.29 is 17.9 Å². The average Bonchev–Trinajstić information content (AvgIpc) is 2.22. The number of nitrogens with one attached hydrogen (secondary N) is 1. The minimum absolute atomic E-state index is 0.159. The largest absolute Gasteiger partial charge is 0.416 e. The lowest BCUT2D eigenvalue weighted by Gasteiger charge is -2.31. The fourth-order valence-corrected chi connectivity index (χ4v) is 1.91. The Hall–Kier alpha value is -1.07. The van der Waals surface area contributed by atoms with Crippen LogP contribution < -0.4 is 5.32 Å². The summed E-state index contributed by atoms with van der Waals surface area (Å²) in [4.78, 5) is 0. The fourth-order valence-electron chi connectivity index (χ4n) is 1.91. The predicted molar refractivity (Wildman–Crippen MR) is 57.6 cm³/mol. The van der Waals surface area contributed by atoms with E-state index in [-0.39, 0.29) is 17.6 Å². The van der Waals surface area contributed by atoms with Gasteiger partial charge in [-0.05, 0) is 18.6 Å². The second-order valence-electron chi connectivity index (χ2n) is 4.21. The summed E-state index contributed by atoms with van der Waals surface area (Å²) in [6.07, 6.45) is -4.30. The van der Waals surface area contributed by atoms with Gasteiger partial charge in [0.05, 0.1) is 24.8 Å². The standard InChI is InChI=1S/C12H14F3NO/c1-8(16-9-6-17-7-9)10-4-2-3-5-11(10)12(13,14)15/h2-5,8-9,16H,6-7H2,1H3. The lowest BCUT2D eigenvalue weighted by atomic mass is 10.00. The molecule has 5 heteroatoms. The normalized spacial score (nSPS) is 18.8. The molecule has 2 nitrogen and oxygen atoms in total. The highest BCUT2D eigenvalue weighted by Gasteiger charge is 2.34. The maximum atomic E-state index is 12.8. The van der Waals surface area contributed by atoms with Gasteiger partial charge in [-0.3, -0.25) is 0 Å². The first-order valence-electron chi connectivity index (χ1n) is 5.48. The van der Waals surface area contributed by atoms with E-state index < -0.39 is 11.7 Å². The van der Waals surface area contributed by atoms with Crippen molar-refractivity contribution >= 4 is 0 Å². The Morgan fingerprint density at radius 1 is 1.29 bits per heavy atom. The van der Waals surface area contributed by atoms with Crippen LogP contribution in [-0.4, -0.2) is 19.3 Å². The Balaban J connectivity index is 2.18. The molecule has 0 bridgehead atoms. The van der Waals surface area contributed by atoms with Crippen LogP contribution in [0.5, 0.6) is 0 Å². The second-order valence-corrected chi connectivity index (χ2v) is 4.21. The molecule has 1 aliphatic heterocycles. The van der Waals surface area contributed by atoms with E-state index in [0.717, 1.165) is 6.07 Å². The molecule has 17 heavy (non-hydrogen) atoms. The van der Waals surface area contributed by atoms with Gasteiger partial charge in [0.1, 0.15) is 0 Å². The van der Waals surface area contributed by atoms with Crippen LogP contribution in [0.1, 0.15) is 24.1 Å². The van der Waals surface area contributed by atoms with E-state index in [0.29, 0.717) is 13.2 Å². The highest BCUT2D eigenvalue weighted by atomic mass is 19.4. The van der Waals surface area contributed by atoms with E-state index in [2.05, 4.69) is 5.32 Å². The quantitative estimate of drug-likeness (QED) is 0.884. The molecule has 0 aromatic heterocycles. The molecule has 1 heterocycles. The Morgan fingerprint density at radius 3 is 2.47 bits per heavy atom. The third kappa shape index (κ3) is 2.79. The smallest absolute Gasteiger partial charge is 0.378 e. The molecule has 94 valence electrons. The van der Waals surface area contributed by atoms with Gasteiger partial charge in [-0.2, -0.15) is 13.2 Å². The van der Waals surface area contributed by atoms with Crippen LogP contribution in [0, 0.1) is 0 Å². The van der Waals surface area contributed by atoms with Gasteiger partial charge in [-0.15, -0.1) is 0 Å². The fraction of sp³-hybridized carbons (Fsp3) is 0.500. The lowest BCUT2D eigenvalue weighted by Crippen LogP contribution is -2.47. The van der Waals surface area contributed by atoms with Gasteiger partial charge in [0.25, 0.3) is 0 Å². The summed E-state index contributed by atoms with van der Waals surface area (Å²) in [5.74, 6) is 0. The molecule has 2 rings (SSSR count). The SMILES string of the molecule is CC(NC1COC1)c1ccccc1C(F)(F)F. The summed E-state index contributed by atoms with van der Waals surface area (Å²) in [7, 11) is 0. The molecule has 0 radical (unpaired) electrons. The van der Waals surface area contributed by atoms with Gasteiger partial charge in [0, 0.05) is 6.04 Å². The minimum atomic E-state index is -4.30. The van der Waals surface area contributed by atoms with Crippen LogP contribution in [0.3, 0.4) is 0 Å². The second kappa shape index (κ2) is 4.66. The van der Waals surface area contributed by atoms with Crippen molar-refractivity contribution in [3.63, 3.8) is 0 Å². The first-order valence-corrected chi connectivity index (χ1v) is 5.48. The molecule has 1 saturated heterocycles. The van der Waals surface area contributed by atoms with E-state index in [1.54, 1.807) is 13.0 Å². The van der Waals surface area contributed by atoms with Crippen molar-refractivity contribution in [1.29, 1.82) is 0 Å². The van der Waals surface area contributed by atoms with Crippen molar-refractivity contribution in [3.05, 3.63) is 35.4 Å². The van der Waals surface area contributed by atoms with E-state index in [4.69, 9.17) is 4.74 Å². The third-order valence-electron chi connectivity index (χ3n) is 2.86. The van der Waals surface area contributed by atoms with Gasteiger partial charge < -0.3 is 10.1 Å². The average molecular weight is 245 g/mol. The number of halogens is 3. The van der Waals surface area contributed by atoms with Crippen molar-refractivity contribution in [2.45, 2.75) is 25.2 Å². The van der Waals surface area contributed by atoms with Gasteiger partial charge in [-0.1, -0.05) is 18.2 Å². The van der Waals surface area contributed by atoms with Gasteiger partial charge in [0.15, 0.2) is 0 Å². The lowest BCUT2D eigenvalue weighted by molar-refractivity contribution is -0.138. The molecule has 1 fully saturated rings. The van der Waals surface area contributed by atoms with Gasteiger partial charge in [-0.25, -0.2) is 0 Å². The molecule has 0 aliphatic carbocycles. The van der Waals surface area contributed by atoms with E-state index in [1.807, 2.05) is 0 Å². The maximum Gasteiger partial charge on any atom is 0.416 e. The zero-order valence-electron chi connectivity index (χ0n) is 9.42. The first-order chi connectivity index (χ1) is 7.98. The number of ether oxygens (including phenoxy) is 1. The van der Waals surface area contributed by atoms with Gasteiger partial charge in [0.2, 0.25) is 0 Å². The van der Waals surface area contributed by atoms with Crippen molar-refractivity contribution in [3.8, 4) is 0 Å². The van der Waals surface area contributed by atoms with Crippen LogP contribution >= 0.6 is 0 Å². The topological polar surface area (TPSA) is 21.3 Å². The zero-order chi connectivity index (χ0) is 12.5. The van der Waals surface area contributed by atoms with Crippen molar-refractivity contribution in [1.82, 2.24) is 5.32 Å². The molecular weight excluding hydrogens is 231 g/mol. The number of rotatable bonds is 3. The maximum absolute atomic E-state index is 12.8. The highest BCUT2D eigenvalue weighted by Crippen LogP contribution is 2.34. The third-order valence-corrected chi connectivity index (χ3v) is 2.86. The molecule has 0 amide bonds. The summed E-state index contributed by atoms with van der Waals surface area (Å²) < 4.78 is 43.4. The molecule has 1 aliphatic rings. The van der Waals surface area contributed by atoms with Crippen molar-refractivity contribution in [2.24, 2.45) is 0 Å². The molecule has 1 N–H and O–H groups in total. The number of hydrogen-bond donors (Lipinski definition) is 1. The summed E-state index contributed by atoms with van der Waals surface area (Å²) in [6.45, 7) is 2.87. The summed E-state index contributed by atoms with van der Waals surface area (Å²) in [5, 5.41) is 3.12. The zero-order valence-corrected chi connectivity index (χ0v) is 9.42. The summed E-state index contributed by atoms with van der Waals surface area (Å²) >= 11 is 0. The van der Waals surface area contributed by atoms with Crippen LogP contribution in [0.4, 0.5) is 13.2 Å². The number of benzene rings is 1. The van der Waals surface area contributed by atoms with Crippen LogP contribution in [0.2, 0.25) is 0 Å². The minimum Gasteiger partial charge on any atom is -0.378 e. The van der Waals surface area contributed by atoms with Crippen LogP contribution in [-0.2, 0) is 10.9 Å². The van der Waals surface area contributed by atoms with E-state index >= 15 is 0 Å². The molecular formula is C12H14F3NO. The highest BCUT2D eigenvalue weighted by molar-refractivity contribution is 5.32. The molecule has 1 unspecified atom stereocenters. The van der Waals surface area contributed by atoms with E-state index in [1.165, 1.54) is 12.1 Å². The monoisotopic (exact) mass is 245 g/mol. The summed E-state index contributed by atoms with van der Waals surface area (Å²) in [6, 6.07) is 5.49. The molecule has 0 spiro atoms. The van der Waals surface area contributed by atoms with Crippen LogP contribution in [0.15, 0.2) is 24.3 Å². The molecule has 0 saturated carbocycles. The Morgan fingerprint density at radius 2 is 1.94 bits per heavy atom. The van der Waals surface area contributed by atoms with E-state index in [9.17, 15) is 13.2 Å².